The fourth-order valence-electron chi connectivity index (χ4n) is 4.10. The Morgan fingerprint density at radius 2 is 1.70 bits per heavy atom. The van der Waals surface area contributed by atoms with Crippen LogP contribution in [-0.4, -0.2) is 31.0 Å². The van der Waals surface area contributed by atoms with Gasteiger partial charge in [-0.25, -0.2) is 0 Å². The van der Waals surface area contributed by atoms with Crippen LogP contribution in [0.3, 0.4) is 0 Å². The van der Waals surface area contributed by atoms with Crippen molar-refractivity contribution in [2.75, 3.05) is 20.3 Å². The smallest absolute Gasteiger partial charge is 0.125 e. The van der Waals surface area contributed by atoms with E-state index >= 15 is 0 Å². The van der Waals surface area contributed by atoms with Gasteiger partial charge in [-0.15, -0.1) is 0 Å². The Labute approximate surface area is 185 Å². The van der Waals surface area contributed by atoms with Gasteiger partial charge in [0.15, 0.2) is 0 Å². The van der Waals surface area contributed by atoms with E-state index in [1.54, 1.807) is 7.11 Å². The Morgan fingerprint density at radius 1 is 1.00 bits per heavy atom. The van der Waals surface area contributed by atoms with Gasteiger partial charge in [0.2, 0.25) is 0 Å². The molecule has 0 radical (unpaired) electrons. The molecular formula is C26H47NO3. The molecule has 1 aromatic rings. The van der Waals surface area contributed by atoms with Crippen LogP contribution in [-0.2, 0) is 6.42 Å². The van der Waals surface area contributed by atoms with Crippen LogP contribution in [0.15, 0.2) is 18.2 Å². The minimum Gasteiger partial charge on any atom is -0.496 e. The predicted octanol–water partition coefficient (Wildman–Crippen LogP) is 5.99. The average molecular weight is 422 g/mol. The maximum atomic E-state index is 9.74. The Balaban J connectivity index is 2.48. The zero-order valence-electron chi connectivity index (χ0n) is 20.4. The molecule has 1 unspecified atom stereocenters. The molecule has 0 heterocycles. The average Bonchev–Trinajstić information content (AvgIpc) is 2.69. The van der Waals surface area contributed by atoms with Gasteiger partial charge in [-0.1, -0.05) is 59.9 Å². The number of rotatable bonds is 16. The summed E-state index contributed by atoms with van der Waals surface area (Å²) in [6.07, 6.45) is 8.58. The van der Waals surface area contributed by atoms with Gasteiger partial charge in [0.05, 0.1) is 20.3 Å². The lowest BCUT2D eigenvalue weighted by Gasteiger charge is -2.29. The standard InChI is InChI=1S/C26H47NO3/c1-20(2)9-7-10-22(5)11-8-16-30-24-13-12-23(25(17-24)29-6)14-15-26(27,19-28)18-21(3)4/h12-13,17,20-22,28H,7-11,14-16,18-19,27H2,1-6H3/t22?,26-/m0/s1. The third kappa shape index (κ3) is 10.7. The molecule has 0 spiro atoms. The third-order valence-electron chi connectivity index (χ3n) is 5.87. The Kier molecular flexibility index (Phi) is 12.4. The van der Waals surface area contributed by atoms with Gasteiger partial charge in [0.25, 0.3) is 0 Å². The van der Waals surface area contributed by atoms with Crippen molar-refractivity contribution in [1.29, 1.82) is 0 Å². The lowest BCUT2D eigenvalue weighted by atomic mass is 9.85. The van der Waals surface area contributed by atoms with Gasteiger partial charge < -0.3 is 20.3 Å². The highest BCUT2D eigenvalue weighted by Crippen LogP contribution is 2.29. The summed E-state index contributed by atoms with van der Waals surface area (Å²) in [5, 5.41) is 9.74. The first kappa shape index (κ1) is 26.8. The van der Waals surface area contributed by atoms with E-state index in [9.17, 15) is 5.11 Å². The number of aliphatic hydroxyl groups is 1. The molecule has 0 aliphatic carbocycles. The van der Waals surface area contributed by atoms with Crippen molar-refractivity contribution >= 4 is 0 Å². The molecule has 4 heteroatoms. The fraction of sp³-hybridized carbons (Fsp3) is 0.769. The largest absolute Gasteiger partial charge is 0.496 e. The monoisotopic (exact) mass is 421 g/mol. The molecule has 2 atom stereocenters. The van der Waals surface area contributed by atoms with Gasteiger partial charge in [-0.05, 0) is 61.5 Å². The van der Waals surface area contributed by atoms with Crippen molar-refractivity contribution in [1.82, 2.24) is 0 Å². The second-order valence-electron chi connectivity index (χ2n) is 10.0. The maximum absolute atomic E-state index is 9.74. The van der Waals surface area contributed by atoms with Gasteiger partial charge >= 0.3 is 0 Å². The Morgan fingerprint density at radius 3 is 2.30 bits per heavy atom. The topological polar surface area (TPSA) is 64.7 Å². The van der Waals surface area contributed by atoms with Crippen LogP contribution in [0.5, 0.6) is 11.5 Å². The first-order chi connectivity index (χ1) is 14.2. The molecule has 0 bridgehead atoms. The summed E-state index contributed by atoms with van der Waals surface area (Å²) in [4.78, 5) is 0. The number of hydrogen-bond donors (Lipinski definition) is 2. The second kappa shape index (κ2) is 13.9. The zero-order chi connectivity index (χ0) is 22.6. The second-order valence-corrected chi connectivity index (χ2v) is 10.0. The van der Waals surface area contributed by atoms with Crippen LogP contribution in [0.4, 0.5) is 0 Å². The van der Waals surface area contributed by atoms with E-state index in [1.807, 2.05) is 12.1 Å². The van der Waals surface area contributed by atoms with Crippen molar-refractivity contribution in [2.24, 2.45) is 23.5 Å². The van der Waals surface area contributed by atoms with E-state index in [0.717, 1.165) is 61.2 Å². The Hall–Kier alpha value is -1.26. The number of methoxy groups -OCH3 is 1. The summed E-state index contributed by atoms with van der Waals surface area (Å²) in [6.45, 7) is 12.0. The molecule has 174 valence electrons. The van der Waals surface area contributed by atoms with Crippen molar-refractivity contribution in [3.63, 3.8) is 0 Å². The van der Waals surface area contributed by atoms with Gasteiger partial charge in [0.1, 0.15) is 11.5 Å². The summed E-state index contributed by atoms with van der Waals surface area (Å²) in [7, 11) is 1.69. The van der Waals surface area contributed by atoms with E-state index in [4.69, 9.17) is 15.2 Å². The lowest BCUT2D eigenvalue weighted by molar-refractivity contribution is 0.165. The summed E-state index contributed by atoms with van der Waals surface area (Å²) in [6, 6.07) is 6.06. The first-order valence-corrected chi connectivity index (χ1v) is 11.9. The van der Waals surface area contributed by atoms with Gasteiger partial charge in [-0.2, -0.15) is 0 Å². The molecule has 0 saturated carbocycles. The van der Waals surface area contributed by atoms with E-state index in [2.05, 4.69) is 40.7 Å². The molecule has 0 saturated heterocycles. The van der Waals surface area contributed by atoms with Crippen molar-refractivity contribution in [2.45, 2.75) is 91.5 Å². The van der Waals surface area contributed by atoms with E-state index < -0.39 is 5.54 Å². The van der Waals surface area contributed by atoms with Crippen LogP contribution in [0, 0.1) is 17.8 Å². The number of nitrogens with two attached hydrogens (primary N) is 1. The van der Waals surface area contributed by atoms with Crippen molar-refractivity contribution in [3.8, 4) is 11.5 Å². The quantitative estimate of drug-likeness (QED) is 0.322. The van der Waals surface area contributed by atoms with E-state index in [0.29, 0.717) is 5.92 Å². The van der Waals surface area contributed by atoms with Crippen LogP contribution >= 0.6 is 0 Å². The van der Waals surface area contributed by atoms with Gasteiger partial charge in [-0.3, -0.25) is 0 Å². The number of ether oxygens (including phenoxy) is 2. The number of aryl methyl sites for hydroxylation is 1. The lowest BCUT2D eigenvalue weighted by Crippen LogP contribution is -2.45. The molecule has 0 fully saturated rings. The van der Waals surface area contributed by atoms with Crippen LogP contribution in [0.25, 0.3) is 0 Å². The molecule has 0 aliphatic rings. The highest BCUT2D eigenvalue weighted by atomic mass is 16.5. The van der Waals surface area contributed by atoms with Crippen molar-refractivity contribution in [3.05, 3.63) is 23.8 Å². The maximum Gasteiger partial charge on any atom is 0.125 e. The highest BCUT2D eigenvalue weighted by Gasteiger charge is 2.25. The number of aliphatic hydroxyl groups excluding tert-OH is 1. The van der Waals surface area contributed by atoms with Gasteiger partial charge in [0, 0.05) is 11.6 Å². The zero-order valence-corrected chi connectivity index (χ0v) is 20.4. The van der Waals surface area contributed by atoms with Crippen molar-refractivity contribution < 1.29 is 14.6 Å². The molecule has 1 aromatic carbocycles. The summed E-state index contributed by atoms with van der Waals surface area (Å²) in [5.41, 5.74) is 6.97. The first-order valence-electron chi connectivity index (χ1n) is 11.9. The Bertz CT molecular complexity index is 588. The molecule has 0 aromatic heterocycles. The molecule has 1 rings (SSSR count). The van der Waals surface area contributed by atoms with Crippen LogP contribution in [0.2, 0.25) is 0 Å². The summed E-state index contributed by atoms with van der Waals surface area (Å²) in [5.74, 6) is 3.71. The van der Waals surface area contributed by atoms with E-state index in [1.165, 1.54) is 25.7 Å². The fourth-order valence-corrected chi connectivity index (χ4v) is 4.10. The predicted molar refractivity (Wildman–Crippen MR) is 127 cm³/mol. The molecule has 3 N–H and O–H groups in total. The highest BCUT2D eigenvalue weighted by molar-refractivity contribution is 5.41. The van der Waals surface area contributed by atoms with Crippen LogP contribution in [0.1, 0.15) is 85.1 Å². The molecular weight excluding hydrogens is 374 g/mol. The minimum atomic E-state index is -0.541. The molecule has 4 nitrogen and oxygen atoms in total. The summed E-state index contributed by atoms with van der Waals surface area (Å²) < 4.78 is 11.6. The number of benzene rings is 1. The molecule has 0 amide bonds. The molecule has 30 heavy (non-hydrogen) atoms. The SMILES string of the molecule is COc1cc(OCCCC(C)CCCC(C)C)ccc1CC[C@@](N)(CO)CC(C)C. The minimum absolute atomic E-state index is 0.00455. The molecule has 0 aliphatic heterocycles. The summed E-state index contributed by atoms with van der Waals surface area (Å²) >= 11 is 0. The third-order valence-corrected chi connectivity index (χ3v) is 5.87. The van der Waals surface area contributed by atoms with E-state index in [-0.39, 0.29) is 6.61 Å². The normalized spacial score (nSPS) is 14.7. The number of hydrogen-bond acceptors (Lipinski definition) is 4. The van der Waals surface area contributed by atoms with Crippen LogP contribution < -0.4 is 15.2 Å².